The van der Waals surface area contributed by atoms with Crippen molar-refractivity contribution in [3.63, 3.8) is 0 Å². The molecule has 0 saturated heterocycles. The first-order valence-corrected chi connectivity index (χ1v) is 22.3. The minimum Gasteiger partial charge on any atom is -0.310 e. The highest BCUT2D eigenvalue weighted by molar-refractivity contribution is 7.26. The molecule has 0 aliphatic rings. The highest BCUT2D eigenvalue weighted by Gasteiger charge is 2.23. The van der Waals surface area contributed by atoms with Gasteiger partial charge in [0, 0.05) is 53.4 Å². The molecule has 3 heteroatoms. The van der Waals surface area contributed by atoms with E-state index in [1.165, 1.54) is 81.0 Å². The molecule has 0 aliphatic carbocycles. The fraction of sp³-hybridized carbons (Fsp3) is 0. The molecule has 2 nitrogen and oxygen atoms in total. The maximum absolute atomic E-state index is 2.47. The van der Waals surface area contributed by atoms with Gasteiger partial charge < -0.3 is 9.47 Å². The first-order chi connectivity index (χ1) is 31.3. The fourth-order valence-corrected chi connectivity index (χ4v) is 10.8. The third kappa shape index (κ3) is 6.33. The summed E-state index contributed by atoms with van der Waals surface area (Å²) in [6, 6.07) is 88.4. The number of rotatable bonds is 8. The average Bonchev–Trinajstić information content (AvgIpc) is 3.91. The standard InChI is InChI=1S/C60H40N2S/c1-4-19-41(20-5-1)46-25-10-11-26-48(46)49-27-12-15-32-55(49)62-56-33-16-13-28-50(56)51-37-36-45(40-58(51)62)61(44-23-8-3-9-24-44)57-38-35-43(39-54(57)42-21-6-2-7-22-42)47-30-18-31-53-52-29-14-17-34-59(52)63-60(47)53/h1-40H. The normalized spacial score (nSPS) is 11.5. The van der Waals surface area contributed by atoms with Crippen LogP contribution in [0.3, 0.4) is 0 Å². The molecule has 0 N–H and O–H groups in total. The molecule has 0 aliphatic heterocycles. The van der Waals surface area contributed by atoms with Crippen molar-refractivity contribution >= 4 is 70.4 Å². The molecule has 0 atom stereocenters. The monoisotopic (exact) mass is 820 g/mol. The summed E-state index contributed by atoms with van der Waals surface area (Å²) in [5.41, 5.74) is 16.3. The molecule has 2 heterocycles. The second-order valence-electron chi connectivity index (χ2n) is 16.0. The van der Waals surface area contributed by atoms with Gasteiger partial charge in [0.05, 0.1) is 22.4 Å². The van der Waals surface area contributed by atoms with Crippen LogP contribution in [-0.2, 0) is 0 Å². The maximum atomic E-state index is 2.47. The lowest BCUT2D eigenvalue weighted by atomic mass is 9.93. The topological polar surface area (TPSA) is 8.17 Å². The van der Waals surface area contributed by atoms with Gasteiger partial charge in [0.25, 0.3) is 0 Å². The van der Waals surface area contributed by atoms with E-state index in [0.29, 0.717) is 0 Å². The first kappa shape index (κ1) is 36.8. The number of benzene rings is 10. The van der Waals surface area contributed by atoms with Crippen molar-refractivity contribution < 1.29 is 0 Å². The quantitative estimate of drug-likeness (QED) is 0.148. The molecule has 296 valence electrons. The van der Waals surface area contributed by atoms with Crippen molar-refractivity contribution in [2.45, 2.75) is 0 Å². The van der Waals surface area contributed by atoms with Crippen LogP contribution in [0.1, 0.15) is 0 Å². The average molecular weight is 821 g/mol. The molecular formula is C60H40N2S. The van der Waals surface area contributed by atoms with Gasteiger partial charge in [-0.3, -0.25) is 0 Å². The van der Waals surface area contributed by atoms with Crippen molar-refractivity contribution in [2.24, 2.45) is 0 Å². The van der Waals surface area contributed by atoms with E-state index in [1.807, 2.05) is 11.3 Å². The zero-order valence-corrected chi connectivity index (χ0v) is 35.2. The summed E-state index contributed by atoms with van der Waals surface area (Å²) in [7, 11) is 0. The summed E-state index contributed by atoms with van der Waals surface area (Å²) in [5, 5.41) is 5.05. The molecule has 0 fully saturated rings. The molecule has 12 rings (SSSR count). The number of fused-ring (bicyclic) bond motifs is 6. The number of hydrogen-bond donors (Lipinski definition) is 0. The van der Waals surface area contributed by atoms with Crippen LogP contribution in [-0.4, -0.2) is 4.57 Å². The third-order valence-electron chi connectivity index (χ3n) is 12.4. The van der Waals surface area contributed by atoms with Crippen LogP contribution in [0.15, 0.2) is 243 Å². The second kappa shape index (κ2) is 15.5. The molecule has 63 heavy (non-hydrogen) atoms. The van der Waals surface area contributed by atoms with Crippen LogP contribution >= 0.6 is 11.3 Å². The smallest absolute Gasteiger partial charge is 0.0562 e. The summed E-state index contributed by atoms with van der Waals surface area (Å²) >= 11 is 1.88. The molecule has 0 amide bonds. The van der Waals surface area contributed by atoms with Gasteiger partial charge in [0.15, 0.2) is 0 Å². The zero-order chi connectivity index (χ0) is 41.7. The lowest BCUT2D eigenvalue weighted by molar-refractivity contribution is 1.18. The van der Waals surface area contributed by atoms with E-state index >= 15 is 0 Å². The minimum absolute atomic E-state index is 1.08. The number of nitrogens with zero attached hydrogens (tertiary/aromatic N) is 2. The molecular weight excluding hydrogens is 781 g/mol. The predicted molar refractivity (Wildman–Crippen MR) is 270 cm³/mol. The Morgan fingerprint density at radius 2 is 0.905 bits per heavy atom. The fourth-order valence-electron chi connectivity index (χ4n) is 9.57. The van der Waals surface area contributed by atoms with Crippen molar-refractivity contribution in [1.82, 2.24) is 4.57 Å². The van der Waals surface area contributed by atoms with Crippen LogP contribution in [0.2, 0.25) is 0 Å². The highest BCUT2D eigenvalue weighted by Crippen LogP contribution is 2.47. The lowest BCUT2D eigenvalue weighted by Crippen LogP contribution is -2.11. The zero-order valence-electron chi connectivity index (χ0n) is 34.4. The number of para-hydroxylation sites is 3. The van der Waals surface area contributed by atoms with E-state index in [2.05, 4.69) is 252 Å². The Hall–Kier alpha value is -7.98. The Kier molecular flexibility index (Phi) is 9.06. The Morgan fingerprint density at radius 1 is 0.317 bits per heavy atom. The lowest BCUT2D eigenvalue weighted by Gasteiger charge is -2.28. The van der Waals surface area contributed by atoms with Gasteiger partial charge in [-0.05, 0) is 88.0 Å². The van der Waals surface area contributed by atoms with E-state index in [9.17, 15) is 0 Å². The third-order valence-corrected chi connectivity index (χ3v) is 13.6. The molecule has 10 aromatic carbocycles. The summed E-state index contributed by atoms with van der Waals surface area (Å²) in [5.74, 6) is 0. The Labute approximate surface area is 370 Å². The number of anilines is 3. The summed E-state index contributed by atoms with van der Waals surface area (Å²) in [6.07, 6.45) is 0. The Morgan fingerprint density at radius 3 is 1.70 bits per heavy atom. The van der Waals surface area contributed by atoms with E-state index in [4.69, 9.17) is 0 Å². The van der Waals surface area contributed by atoms with Gasteiger partial charge in [0.2, 0.25) is 0 Å². The van der Waals surface area contributed by atoms with E-state index in [-0.39, 0.29) is 0 Å². The molecule has 12 aromatic rings. The summed E-state index contributed by atoms with van der Waals surface area (Å²) in [4.78, 5) is 2.43. The molecule has 0 unspecified atom stereocenters. The molecule has 0 bridgehead atoms. The van der Waals surface area contributed by atoms with Gasteiger partial charge in [-0.25, -0.2) is 0 Å². The van der Waals surface area contributed by atoms with Crippen LogP contribution in [0.4, 0.5) is 17.1 Å². The van der Waals surface area contributed by atoms with Crippen LogP contribution in [0.5, 0.6) is 0 Å². The predicted octanol–water partition coefficient (Wildman–Crippen LogP) is 17.3. The molecule has 0 spiro atoms. The van der Waals surface area contributed by atoms with E-state index in [1.54, 1.807) is 0 Å². The Bertz CT molecular complexity index is 3620. The van der Waals surface area contributed by atoms with E-state index in [0.717, 1.165) is 28.3 Å². The number of hydrogen-bond acceptors (Lipinski definition) is 2. The van der Waals surface area contributed by atoms with Crippen molar-refractivity contribution in [2.75, 3.05) is 4.90 Å². The first-order valence-electron chi connectivity index (χ1n) is 21.5. The van der Waals surface area contributed by atoms with E-state index < -0.39 is 0 Å². The van der Waals surface area contributed by atoms with Crippen LogP contribution in [0, 0.1) is 0 Å². The largest absolute Gasteiger partial charge is 0.310 e. The minimum atomic E-state index is 1.08. The van der Waals surface area contributed by atoms with Crippen LogP contribution in [0.25, 0.3) is 92.2 Å². The van der Waals surface area contributed by atoms with Crippen molar-refractivity contribution in [3.05, 3.63) is 243 Å². The molecule has 0 radical (unpaired) electrons. The van der Waals surface area contributed by atoms with Gasteiger partial charge in [-0.15, -0.1) is 11.3 Å². The summed E-state index contributed by atoms with van der Waals surface area (Å²) in [6.45, 7) is 0. The Balaban J connectivity index is 1.09. The van der Waals surface area contributed by atoms with Gasteiger partial charge in [0.1, 0.15) is 0 Å². The highest BCUT2D eigenvalue weighted by atomic mass is 32.1. The molecule has 2 aromatic heterocycles. The van der Waals surface area contributed by atoms with Gasteiger partial charge in [-0.1, -0.05) is 188 Å². The van der Waals surface area contributed by atoms with Crippen LogP contribution < -0.4 is 4.90 Å². The van der Waals surface area contributed by atoms with Crippen molar-refractivity contribution in [3.8, 4) is 50.2 Å². The number of aromatic nitrogens is 1. The SMILES string of the molecule is c1ccc(-c2ccccc2-c2ccccc2-n2c3ccccc3c3ccc(N(c4ccccc4)c4ccc(-c5cccc6c5sc5ccccc56)cc4-c4ccccc4)cc32)cc1. The molecule has 0 saturated carbocycles. The van der Waals surface area contributed by atoms with Crippen molar-refractivity contribution in [1.29, 1.82) is 0 Å². The summed E-state index contributed by atoms with van der Waals surface area (Å²) < 4.78 is 5.10. The van der Waals surface area contributed by atoms with Gasteiger partial charge >= 0.3 is 0 Å². The maximum Gasteiger partial charge on any atom is 0.0562 e. The number of thiophene rings is 1. The van der Waals surface area contributed by atoms with Gasteiger partial charge in [-0.2, -0.15) is 0 Å². The second-order valence-corrected chi connectivity index (χ2v) is 17.1.